The molecular weight excluding hydrogens is 1890 g/mol. The monoisotopic (exact) mass is 1980 g/mol. The summed E-state index contributed by atoms with van der Waals surface area (Å²) in [5, 5.41) is 32.8. The predicted molar refractivity (Wildman–Crippen MR) is 581 cm³/mol. The van der Waals surface area contributed by atoms with Gasteiger partial charge in [-0.05, 0) is 202 Å². The zero-order valence-corrected chi connectivity index (χ0v) is 80.9. The molecule has 0 saturated heterocycles. The predicted octanol–water partition coefficient (Wildman–Crippen LogP) is 26.4. The molecule has 1 atom stereocenters. The Hall–Kier alpha value is -20.3. The molecule has 18 aromatic carbocycles. The van der Waals surface area contributed by atoms with Crippen molar-refractivity contribution in [3.8, 4) is 95.9 Å². The van der Waals surface area contributed by atoms with E-state index in [0.29, 0.717) is 156 Å². The van der Waals surface area contributed by atoms with Crippen LogP contribution in [0, 0.1) is 6.92 Å². The summed E-state index contributed by atoms with van der Waals surface area (Å²) < 4.78 is 62.8. The third-order valence-electron chi connectivity index (χ3n) is 27.2. The molecule has 0 radical (unpaired) electrons. The zero-order chi connectivity index (χ0) is 104. The largest absolute Gasteiger partial charge is 0.508 e. The highest BCUT2D eigenvalue weighted by Crippen LogP contribution is 2.59. The van der Waals surface area contributed by atoms with Gasteiger partial charge in [0.15, 0.2) is 27.3 Å². The highest BCUT2D eigenvalue weighted by Gasteiger charge is 2.54. The van der Waals surface area contributed by atoms with E-state index in [0.717, 1.165) is 109 Å². The number of phenolic OH excluding ortho intramolecular Hbond substituents is 2. The summed E-state index contributed by atoms with van der Waals surface area (Å²) in [6, 6.07) is 108. The van der Waals surface area contributed by atoms with E-state index in [1.54, 1.807) is 135 Å². The van der Waals surface area contributed by atoms with Gasteiger partial charge < -0.3 is 72.5 Å². The fraction of sp³-hybridized carbons (Fsp3) is 0.0556. The van der Waals surface area contributed by atoms with Gasteiger partial charge in [-0.15, -0.1) is 0 Å². The number of fused-ring (bicyclic) bond motifs is 24. The van der Waals surface area contributed by atoms with Crippen LogP contribution in [-0.2, 0) is 29.3 Å². The molecule has 2 aromatic heterocycles. The molecule has 4 aliphatic heterocycles. The summed E-state index contributed by atoms with van der Waals surface area (Å²) in [6.45, 7) is 2.04. The van der Waals surface area contributed by atoms with E-state index in [4.69, 9.17) is 62.3 Å². The molecule has 730 valence electrons. The van der Waals surface area contributed by atoms with Crippen LogP contribution in [0.25, 0.3) is 187 Å². The van der Waals surface area contributed by atoms with Crippen LogP contribution < -0.4 is 42.7 Å². The Morgan fingerprint density at radius 2 is 0.713 bits per heavy atom. The maximum atomic E-state index is 12.8. The number of anilines is 2. The van der Waals surface area contributed by atoms with Crippen molar-refractivity contribution in [2.45, 2.75) is 12.5 Å². The normalized spacial score (nSPS) is 12.7. The van der Waals surface area contributed by atoms with Gasteiger partial charge in [0, 0.05) is 129 Å². The molecule has 24 nitrogen and oxygen atoms in total. The van der Waals surface area contributed by atoms with Gasteiger partial charge in [0.05, 0.1) is 84.9 Å². The Balaban J connectivity index is 0.000000106. The van der Waals surface area contributed by atoms with Crippen molar-refractivity contribution in [2.24, 2.45) is 0 Å². The number of carbonyl (C=O) groups excluding carboxylic acids is 5. The lowest BCUT2D eigenvalue weighted by atomic mass is 9.77. The fourth-order valence-corrected chi connectivity index (χ4v) is 20.6. The molecule has 26 rings (SSSR count). The average molecular weight is 1980 g/mol. The third kappa shape index (κ3) is 16.3. The first-order chi connectivity index (χ1) is 72.9. The minimum Gasteiger partial charge on any atom is -0.508 e. The number of benzene rings is 20. The molecule has 2 aliphatic carbocycles. The molecule has 150 heavy (non-hydrogen) atoms. The lowest BCUT2D eigenvalue weighted by Gasteiger charge is -2.37. The Morgan fingerprint density at radius 1 is 0.307 bits per heavy atom. The number of esters is 5. The van der Waals surface area contributed by atoms with Crippen LogP contribution in [0.2, 0.25) is 0 Å². The van der Waals surface area contributed by atoms with Crippen LogP contribution in [-0.4, -0.2) is 75.6 Å². The average Bonchev–Trinajstić information content (AvgIpc) is 1.51. The smallest absolute Gasteiger partial charge is 0.340 e. The Morgan fingerprint density at radius 3 is 1.25 bits per heavy atom. The van der Waals surface area contributed by atoms with Crippen LogP contribution in [0.15, 0.2) is 401 Å². The van der Waals surface area contributed by atoms with E-state index < -0.39 is 35.4 Å². The molecule has 6 heterocycles. The molecule has 0 fully saturated rings. The summed E-state index contributed by atoms with van der Waals surface area (Å²) in [7, 11) is 7.03. The highest BCUT2D eigenvalue weighted by molar-refractivity contribution is 6.22. The third-order valence-corrected chi connectivity index (χ3v) is 27.2. The molecule has 0 saturated carbocycles. The van der Waals surface area contributed by atoms with Gasteiger partial charge in [0.1, 0.15) is 73.8 Å². The minimum absolute atomic E-state index is 0.0420. The maximum Gasteiger partial charge on any atom is 0.340 e. The first-order valence-electron chi connectivity index (χ1n) is 47.5. The number of nitrogen functional groups attached to an aromatic ring is 2. The highest BCUT2D eigenvalue weighted by atomic mass is 16.6. The van der Waals surface area contributed by atoms with E-state index in [1.807, 2.05) is 189 Å². The van der Waals surface area contributed by atoms with Crippen molar-refractivity contribution in [1.82, 2.24) is 0 Å². The van der Waals surface area contributed by atoms with E-state index in [9.17, 15) is 53.4 Å². The van der Waals surface area contributed by atoms with Crippen molar-refractivity contribution in [2.75, 3.05) is 47.0 Å². The molecule has 0 amide bonds. The summed E-state index contributed by atoms with van der Waals surface area (Å²) in [6.07, 6.45) is 0. The van der Waals surface area contributed by atoms with Crippen molar-refractivity contribution < 1.29 is 85.0 Å². The summed E-state index contributed by atoms with van der Waals surface area (Å²) in [5.41, 5.74) is 27.4. The second-order valence-electron chi connectivity index (χ2n) is 35.9. The van der Waals surface area contributed by atoms with Gasteiger partial charge in [0.25, 0.3) is 0 Å². The van der Waals surface area contributed by atoms with Crippen LogP contribution in [0.5, 0.6) is 28.7 Å². The number of carbonyl (C=O) groups is 5. The minimum atomic E-state index is -1.17. The lowest BCUT2D eigenvalue weighted by molar-refractivity contribution is 0.0224. The molecule has 1 spiro atoms. The van der Waals surface area contributed by atoms with Gasteiger partial charge in [-0.2, -0.15) is 0 Å². The Bertz CT molecular complexity index is 9800. The van der Waals surface area contributed by atoms with Crippen molar-refractivity contribution in [3.63, 3.8) is 0 Å². The standard InChI is InChI=1S/C26H18O5.C26H18O4.C25H17NO4.C25H16O5.C24H15NO4/c1-29-21-9-5-6-15-10-12-20-24(17-7-3-4-8-18(17)26(28)30-2)19-13-11-16(27)14-22(19)31-25(20)23(15)21;1-15-7-10-18-16(13-15)8-11-22-24(19-5-3-4-6-20(19)26(28)29-2)21-12-9-17(27)14-23(21)30-25(18)22;2*1-29-25(28)17-7-3-2-6-16(17)23-18-12-10-15(26)13-21(18)30-24-19(23)11-9-14-5-4-8-20(27)22(14)24;25-14-9-11-17-20(12-14)28-22-18(10-8-13-4-3-7-19(26)21(13)22)24(17)16-6-2-1-5-15(16)23(27)29-24/h3-14H,1-2H3;3-14H,1-2H3;2-13H,26H2,1H3;2-13,26H,1H3;1-12,26H,25H2. The van der Waals surface area contributed by atoms with E-state index >= 15 is 0 Å². The molecule has 1 unspecified atom stereocenters. The number of phenols is 2. The van der Waals surface area contributed by atoms with Gasteiger partial charge in [-0.1, -0.05) is 194 Å². The lowest BCUT2D eigenvalue weighted by Crippen LogP contribution is -2.33. The molecule has 6 aliphatic rings. The number of nitrogens with two attached hydrogens (primary N) is 2. The Kier molecular flexibility index (Phi) is 24.3. The topological polar surface area (TPSA) is 363 Å². The van der Waals surface area contributed by atoms with Crippen molar-refractivity contribution in [3.05, 3.63) is 455 Å². The molecular formula is C126H84N2O22. The summed E-state index contributed by atoms with van der Waals surface area (Å²) >= 11 is 0. The number of aryl methyl sites for hydroxylation is 1. The van der Waals surface area contributed by atoms with Crippen molar-refractivity contribution in [1.29, 1.82) is 0 Å². The zero-order valence-electron chi connectivity index (χ0n) is 80.9. The number of rotatable bonds is 9. The summed E-state index contributed by atoms with van der Waals surface area (Å²) in [4.78, 5) is 112. The number of hydrogen-bond acceptors (Lipinski definition) is 24. The van der Waals surface area contributed by atoms with E-state index in [-0.39, 0.29) is 33.2 Å². The van der Waals surface area contributed by atoms with E-state index in [1.165, 1.54) is 70.9 Å². The number of hydrogen-bond donors (Lipinski definition) is 4. The Labute approximate surface area is 851 Å². The van der Waals surface area contributed by atoms with E-state index in [2.05, 4.69) is 12.1 Å². The molecule has 6 N–H and O–H groups in total. The number of methoxy groups -OCH3 is 5. The number of aromatic hydroxyl groups is 2. The van der Waals surface area contributed by atoms with Crippen LogP contribution in [0.1, 0.15) is 74.0 Å². The molecule has 0 bridgehead atoms. The van der Waals surface area contributed by atoms with Crippen LogP contribution in [0.4, 0.5) is 11.4 Å². The van der Waals surface area contributed by atoms with Crippen LogP contribution >= 0.6 is 0 Å². The van der Waals surface area contributed by atoms with Gasteiger partial charge >= 0.3 is 29.8 Å². The maximum absolute atomic E-state index is 12.8. The van der Waals surface area contributed by atoms with Crippen molar-refractivity contribution >= 4 is 161 Å². The first kappa shape index (κ1) is 94.6. The van der Waals surface area contributed by atoms with Gasteiger partial charge in [-0.3, -0.25) is 19.2 Å². The second kappa shape index (κ2) is 38.4. The fourth-order valence-electron chi connectivity index (χ4n) is 20.6. The van der Waals surface area contributed by atoms with Gasteiger partial charge in [-0.25, -0.2) is 24.0 Å². The SMILES string of the molecule is COC(=O)c1ccccc1-c1c2ccc(=O)cc-2oc2c1ccc1cc(C)ccc12.COC(=O)c1ccccc1-c1c2ccc(=O)cc-2oc2c1ccc1cccc(OC)c12.COC(=O)c1ccccc1-c1c2ccc(N)cc2oc2c1ccc1cccc(=O)c12.COC(=O)c1ccccc1-c1c2ccc(O)cc2oc2c1ccc1cccc(=O)c12.Nc1ccc2c(c1)Oc1c(ccc3cccc(O)c13)C21OC(=O)c2ccccc21. The molecule has 24 heteroatoms. The second-order valence-corrected chi connectivity index (χ2v) is 35.9. The molecule has 20 aromatic rings. The van der Waals surface area contributed by atoms with Gasteiger partial charge in [0.2, 0.25) is 0 Å². The first-order valence-corrected chi connectivity index (χ1v) is 47.5. The number of ether oxygens (including phenoxy) is 7. The summed E-state index contributed by atoms with van der Waals surface area (Å²) in [5.74, 6) is 0.545. The quantitative estimate of drug-likeness (QED) is 0.0343. The van der Waals surface area contributed by atoms with Crippen LogP contribution in [0.3, 0.4) is 0 Å².